The van der Waals surface area contributed by atoms with Crippen molar-refractivity contribution in [3.05, 3.63) is 29.3 Å². The molecule has 0 aliphatic heterocycles. The molecular formula is C15H17NO3. The number of hydrogen-bond acceptors (Lipinski definition) is 2. The van der Waals surface area contributed by atoms with E-state index in [-0.39, 0.29) is 17.4 Å². The SMILES string of the molecule is Cc1c(NC(=O)C2C3CCCC32)cccc1C(=O)O. The highest BCUT2D eigenvalue weighted by Gasteiger charge is 2.56. The van der Waals surface area contributed by atoms with Crippen LogP contribution in [0.1, 0.15) is 35.2 Å². The number of rotatable bonds is 3. The third-order valence-corrected chi connectivity index (χ3v) is 4.53. The Morgan fingerprint density at radius 3 is 2.58 bits per heavy atom. The van der Waals surface area contributed by atoms with E-state index in [1.165, 1.54) is 6.42 Å². The Hall–Kier alpha value is -1.84. The molecule has 19 heavy (non-hydrogen) atoms. The van der Waals surface area contributed by atoms with Gasteiger partial charge in [-0.1, -0.05) is 12.5 Å². The van der Waals surface area contributed by atoms with Crippen LogP contribution in [-0.2, 0) is 4.79 Å². The van der Waals surface area contributed by atoms with Gasteiger partial charge in [-0.25, -0.2) is 4.79 Å². The second kappa shape index (κ2) is 4.37. The third-order valence-electron chi connectivity index (χ3n) is 4.53. The molecule has 2 atom stereocenters. The third kappa shape index (κ3) is 2.01. The fourth-order valence-corrected chi connectivity index (χ4v) is 3.43. The number of hydrogen-bond donors (Lipinski definition) is 2. The van der Waals surface area contributed by atoms with E-state index in [0.717, 1.165) is 12.8 Å². The molecule has 0 radical (unpaired) electrons. The van der Waals surface area contributed by atoms with Gasteiger partial charge in [-0.15, -0.1) is 0 Å². The van der Waals surface area contributed by atoms with Crippen LogP contribution in [0.5, 0.6) is 0 Å². The number of aromatic carboxylic acids is 1. The molecule has 2 fully saturated rings. The maximum absolute atomic E-state index is 12.2. The Labute approximate surface area is 111 Å². The van der Waals surface area contributed by atoms with Crippen molar-refractivity contribution < 1.29 is 14.7 Å². The summed E-state index contributed by atoms with van der Waals surface area (Å²) in [5.74, 6) is 0.393. The highest BCUT2D eigenvalue weighted by Crippen LogP contribution is 2.57. The number of benzene rings is 1. The number of amides is 1. The van der Waals surface area contributed by atoms with Gasteiger partial charge in [-0.2, -0.15) is 0 Å². The molecule has 2 saturated carbocycles. The number of carboxylic acid groups (broad SMARTS) is 1. The van der Waals surface area contributed by atoms with Crippen LogP contribution in [-0.4, -0.2) is 17.0 Å². The molecule has 4 nitrogen and oxygen atoms in total. The molecule has 100 valence electrons. The van der Waals surface area contributed by atoms with Crippen LogP contribution >= 0.6 is 0 Å². The lowest BCUT2D eigenvalue weighted by Crippen LogP contribution is -2.18. The summed E-state index contributed by atoms with van der Waals surface area (Å²) in [5, 5.41) is 12.0. The van der Waals surface area contributed by atoms with Crippen molar-refractivity contribution in [2.75, 3.05) is 5.32 Å². The lowest BCUT2D eigenvalue weighted by molar-refractivity contribution is -0.118. The molecule has 1 aromatic rings. The standard InChI is InChI=1S/C15H17NO3/c1-8-9(15(18)19)4-3-7-12(8)16-14(17)13-10-5-2-6-11(10)13/h3-4,7,10-11,13H,2,5-6H2,1H3,(H,16,17)(H,18,19). The minimum Gasteiger partial charge on any atom is -0.478 e. The Balaban J connectivity index is 1.75. The topological polar surface area (TPSA) is 66.4 Å². The van der Waals surface area contributed by atoms with Crippen molar-refractivity contribution in [1.29, 1.82) is 0 Å². The van der Waals surface area contributed by atoms with Crippen molar-refractivity contribution in [2.45, 2.75) is 26.2 Å². The fraction of sp³-hybridized carbons (Fsp3) is 0.467. The first-order valence-electron chi connectivity index (χ1n) is 6.73. The van der Waals surface area contributed by atoms with Crippen LogP contribution in [0, 0.1) is 24.7 Å². The van der Waals surface area contributed by atoms with Crippen molar-refractivity contribution in [2.24, 2.45) is 17.8 Å². The average Bonchev–Trinajstić information content (AvgIpc) is 2.85. The quantitative estimate of drug-likeness (QED) is 0.877. The van der Waals surface area contributed by atoms with E-state index in [9.17, 15) is 9.59 Å². The van der Waals surface area contributed by atoms with Gasteiger partial charge in [0.2, 0.25) is 5.91 Å². The highest BCUT2D eigenvalue weighted by molar-refractivity contribution is 5.98. The highest BCUT2D eigenvalue weighted by atomic mass is 16.4. The summed E-state index contributed by atoms with van der Waals surface area (Å²) in [5.41, 5.74) is 1.48. The smallest absolute Gasteiger partial charge is 0.336 e. The maximum atomic E-state index is 12.2. The minimum atomic E-state index is -0.961. The molecule has 1 amide bonds. The summed E-state index contributed by atoms with van der Waals surface area (Å²) in [6.45, 7) is 1.73. The van der Waals surface area contributed by atoms with Crippen molar-refractivity contribution in [3.8, 4) is 0 Å². The Kier molecular flexibility index (Phi) is 2.81. The van der Waals surface area contributed by atoms with Gasteiger partial charge in [-0.3, -0.25) is 4.79 Å². The molecule has 2 aliphatic carbocycles. The number of carbonyl (C=O) groups is 2. The van der Waals surface area contributed by atoms with Gasteiger partial charge in [0, 0.05) is 11.6 Å². The maximum Gasteiger partial charge on any atom is 0.336 e. The van der Waals surface area contributed by atoms with Crippen molar-refractivity contribution in [1.82, 2.24) is 0 Å². The average molecular weight is 259 g/mol. The summed E-state index contributed by atoms with van der Waals surface area (Å²) in [7, 11) is 0. The first kappa shape index (κ1) is 12.2. The van der Waals surface area contributed by atoms with Gasteiger partial charge in [0.25, 0.3) is 0 Å². The molecule has 1 aromatic carbocycles. The summed E-state index contributed by atoms with van der Waals surface area (Å²) < 4.78 is 0. The van der Waals surface area contributed by atoms with Crippen LogP contribution in [0.2, 0.25) is 0 Å². The predicted molar refractivity (Wildman–Crippen MR) is 71.1 cm³/mol. The monoisotopic (exact) mass is 259 g/mol. The molecule has 0 saturated heterocycles. The lowest BCUT2D eigenvalue weighted by atomic mass is 10.1. The molecule has 2 aliphatic rings. The van der Waals surface area contributed by atoms with Crippen LogP contribution in [0.15, 0.2) is 18.2 Å². The van der Waals surface area contributed by atoms with E-state index in [1.807, 2.05) is 0 Å². The van der Waals surface area contributed by atoms with Crippen LogP contribution in [0.3, 0.4) is 0 Å². The molecule has 3 rings (SSSR count). The normalized spacial score (nSPS) is 27.7. The van der Waals surface area contributed by atoms with E-state index >= 15 is 0 Å². The molecule has 2 N–H and O–H groups in total. The van der Waals surface area contributed by atoms with E-state index in [1.54, 1.807) is 25.1 Å². The van der Waals surface area contributed by atoms with Crippen molar-refractivity contribution in [3.63, 3.8) is 0 Å². The minimum absolute atomic E-state index is 0.0559. The van der Waals surface area contributed by atoms with Gasteiger partial charge >= 0.3 is 5.97 Å². The summed E-state index contributed by atoms with van der Waals surface area (Å²) in [4.78, 5) is 23.2. The Morgan fingerprint density at radius 2 is 1.95 bits per heavy atom. The number of anilines is 1. The van der Waals surface area contributed by atoms with Crippen LogP contribution in [0.4, 0.5) is 5.69 Å². The number of nitrogens with one attached hydrogen (secondary N) is 1. The Bertz CT molecular complexity index is 542. The fourth-order valence-electron chi connectivity index (χ4n) is 3.43. The largest absolute Gasteiger partial charge is 0.478 e. The van der Waals surface area contributed by atoms with Gasteiger partial charge in [0.1, 0.15) is 0 Å². The zero-order valence-corrected chi connectivity index (χ0v) is 10.8. The number of carbonyl (C=O) groups excluding carboxylic acids is 1. The molecule has 0 aromatic heterocycles. The Morgan fingerprint density at radius 1 is 1.26 bits per heavy atom. The molecule has 0 heterocycles. The number of carboxylic acids is 1. The summed E-state index contributed by atoms with van der Waals surface area (Å²) in [6.07, 6.45) is 3.57. The zero-order chi connectivity index (χ0) is 13.6. The van der Waals surface area contributed by atoms with Gasteiger partial charge < -0.3 is 10.4 Å². The summed E-state index contributed by atoms with van der Waals surface area (Å²) in [6, 6.07) is 4.98. The first-order chi connectivity index (χ1) is 9.09. The predicted octanol–water partition coefficient (Wildman–Crippen LogP) is 2.68. The summed E-state index contributed by atoms with van der Waals surface area (Å²) >= 11 is 0. The molecule has 0 spiro atoms. The van der Waals surface area contributed by atoms with Crippen LogP contribution < -0.4 is 5.32 Å². The lowest BCUT2D eigenvalue weighted by Gasteiger charge is -2.11. The van der Waals surface area contributed by atoms with Gasteiger partial charge in [-0.05, 0) is 49.3 Å². The van der Waals surface area contributed by atoms with Gasteiger partial charge in [0.15, 0.2) is 0 Å². The van der Waals surface area contributed by atoms with E-state index in [0.29, 0.717) is 23.1 Å². The van der Waals surface area contributed by atoms with Crippen LogP contribution in [0.25, 0.3) is 0 Å². The second-order valence-electron chi connectivity index (χ2n) is 5.56. The van der Waals surface area contributed by atoms with E-state index in [4.69, 9.17) is 5.11 Å². The molecule has 4 heteroatoms. The number of fused-ring (bicyclic) bond motifs is 1. The molecular weight excluding hydrogens is 242 g/mol. The second-order valence-corrected chi connectivity index (χ2v) is 5.56. The van der Waals surface area contributed by atoms with Gasteiger partial charge in [0.05, 0.1) is 5.56 Å². The van der Waals surface area contributed by atoms with Crippen molar-refractivity contribution >= 4 is 17.6 Å². The molecule has 0 bridgehead atoms. The zero-order valence-electron chi connectivity index (χ0n) is 10.8. The first-order valence-corrected chi connectivity index (χ1v) is 6.73. The van der Waals surface area contributed by atoms with E-state index < -0.39 is 5.97 Å². The van der Waals surface area contributed by atoms with E-state index in [2.05, 4.69) is 5.32 Å². The molecule has 2 unspecified atom stereocenters.